The highest BCUT2D eigenvalue weighted by Crippen LogP contribution is 2.20. The van der Waals surface area contributed by atoms with Gasteiger partial charge in [0.1, 0.15) is 10.7 Å². The SMILES string of the molecule is CC(NC(=O)[C@@H](C)N)c1ccc(S(C)(=O)=O)c(F)c1.Cl. The van der Waals surface area contributed by atoms with E-state index in [9.17, 15) is 17.6 Å². The van der Waals surface area contributed by atoms with Crippen molar-refractivity contribution in [1.29, 1.82) is 0 Å². The molecule has 3 N–H and O–H groups in total. The smallest absolute Gasteiger partial charge is 0.237 e. The first-order chi connectivity index (χ1) is 8.62. The topological polar surface area (TPSA) is 89.3 Å². The minimum absolute atomic E-state index is 0. The largest absolute Gasteiger partial charge is 0.348 e. The summed E-state index contributed by atoms with van der Waals surface area (Å²) < 4.78 is 36.2. The Morgan fingerprint density at radius 3 is 2.30 bits per heavy atom. The number of carbonyl (C=O) groups excluding carboxylic acids is 1. The maximum Gasteiger partial charge on any atom is 0.237 e. The summed E-state index contributed by atoms with van der Waals surface area (Å²) in [6.07, 6.45) is 0.937. The summed E-state index contributed by atoms with van der Waals surface area (Å²) in [5.74, 6) is -1.19. The van der Waals surface area contributed by atoms with Crippen molar-refractivity contribution in [3.05, 3.63) is 29.6 Å². The Hall–Kier alpha value is -1.18. The van der Waals surface area contributed by atoms with Crippen LogP contribution >= 0.6 is 12.4 Å². The van der Waals surface area contributed by atoms with Gasteiger partial charge < -0.3 is 11.1 Å². The van der Waals surface area contributed by atoms with E-state index in [1.807, 2.05) is 0 Å². The fourth-order valence-electron chi connectivity index (χ4n) is 1.52. The predicted octanol–water partition coefficient (Wildman–Crippen LogP) is 1.18. The number of carbonyl (C=O) groups is 1. The van der Waals surface area contributed by atoms with E-state index in [2.05, 4.69) is 5.32 Å². The lowest BCUT2D eigenvalue weighted by atomic mass is 10.1. The molecule has 0 radical (unpaired) electrons. The highest BCUT2D eigenvalue weighted by molar-refractivity contribution is 7.90. The van der Waals surface area contributed by atoms with Crippen LogP contribution < -0.4 is 11.1 Å². The summed E-state index contributed by atoms with van der Waals surface area (Å²) in [5.41, 5.74) is 5.88. The number of nitrogens with two attached hydrogens (primary N) is 1. The number of nitrogens with one attached hydrogen (secondary N) is 1. The van der Waals surface area contributed by atoms with Gasteiger partial charge in [0.15, 0.2) is 9.84 Å². The third-order valence-corrected chi connectivity index (χ3v) is 3.76. The molecule has 0 bridgehead atoms. The third kappa shape index (κ3) is 4.73. The van der Waals surface area contributed by atoms with E-state index in [-0.39, 0.29) is 23.2 Å². The number of amides is 1. The Morgan fingerprint density at radius 2 is 1.90 bits per heavy atom. The molecule has 1 unspecified atom stereocenters. The molecule has 0 aromatic heterocycles. The number of halogens is 2. The van der Waals surface area contributed by atoms with Crippen LogP contribution in [0.4, 0.5) is 4.39 Å². The molecule has 2 atom stereocenters. The van der Waals surface area contributed by atoms with Crippen LogP contribution in [0.5, 0.6) is 0 Å². The molecular formula is C12H18ClFN2O3S. The zero-order valence-electron chi connectivity index (χ0n) is 11.4. The molecule has 1 rings (SSSR count). The van der Waals surface area contributed by atoms with Crippen LogP contribution in [0, 0.1) is 5.82 Å². The molecule has 1 amide bonds. The van der Waals surface area contributed by atoms with E-state index in [1.165, 1.54) is 19.1 Å². The van der Waals surface area contributed by atoms with Crippen molar-refractivity contribution in [2.45, 2.75) is 30.8 Å². The standard InChI is InChI=1S/C12H17FN2O3S.ClH/c1-7(14)12(16)15-8(2)9-4-5-11(10(13)6-9)19(3,17)18;/h4-8H,14H2,1-3H3,(H,15,16);1H/t7-,8?;/m1./s1. The Labute approximate surface area is 124 Å². The van der Waals surface area contributed by atoms with Gasteiger partial charge in [-0.15, -0.1) is 12.4 Å². The summed E-state index contributed by atoms with van der Waals surface area (Å²) in [6, 6.07) is 2.63. The molecule has 0 aliphatic rings. The van der Waals surface area contributed by atoms with E-state index >= 15 is 0 Å². The Bertz CT molecular complexity index is 590. The molecule has 8 heteroatoms. The predicted molar refractivity (Wildman–Crippen MR) is 77.0 cm³/mol. The average molecular weight is 325 g/mol. The normalized spacial score (nSPS) is 14.1. The number of benzene rings is 1. The van der Waals surface area contributed by atoms with Crippen molar-refractivity contribution in [2.75, 3.05) is 6.26 Å². The first-order valence-corrected chi connectivity index (χ1v) is 7.57. The van der Waals surface area contributed by atoms with E-state index in [0.717, 1.165) is 12.3 Å². The Balaban J connectivity index is 0.00000361. The minimum Gasteiger partial charge on any atom is -0.348 e. The van der Waals surface area contributed by atoms with Crippen molar-refractivity contribution in [3.63, 3.8) is 0 Å². The third-order valence-electron chi connectivity index (χ3n) is 2.63. The van der Waals surface area contributed by atoms with Crippen LogP contribution in [0.25, 0.3) is 0 Å². The van der Waals surface area contributed by atoms with Crippen LogP contribution in [0.15, 0.2) is 23.1 Å². The number of sulfone groups is 1. The summed E-state index contributed by atoms with van der Waals surface area (Å²) in [5, 5.41) is 2.60. The van der Waals surface area contributed by atoms with Crippen LogP contribution in [0.2, 0.25) is 0 Å². The van der Waals surface area contributed by atoms with Gasteiger partial charge in [0.2, 0.25) is 5.91 Å². The van der Waals surface area contributed by atoms with E-state index in [1.54, 1.807) is 6.92 Å². The van der Waals surface area contributed by atoms with E-state index in [0.29, 0.717) is 5.56 Å². The molecule has 114 valence electrons. The molecule has 0 saturated heterocycles. The number of rotatable bonds is 4. The fraction of sp³-hybridized carbons (Fsp3) is 0.417. The van der Waals surface area contributed by atoms with Gasteiger partial charge in [0, 0.05) is 6.26 Å². The highest BCUT2D eigenvalue weighted by atomic mass is 35.5. The van der Waals surface area contributed by atoms with Gasteiger partial charge in [-0.2, -0.15) is 0 Å². The van der Waals surface area contributed by atoms with Crippen molar-refractivity contribution >= 4 is 28.2 Å². The number of hydrogen-bond acceptors (Lipinski definition) is 4. The van der Waals surface area contributed by atoms with Gasteiger partial charge in [0.25, 0.3) is 0 Å². The summed E-state index contributed by atoms with van der Waals surface area (Å²) in [6.45, 7) is 3.20. The molecule has 0 aliphatic heterocycles. The fourth-order valence-corrected chi connectivity index (χ4v) is 2.24. The van der Waals surface area contributed by atoms with Crippen molar-refractivity contribution in [1.82, 2.24) is 5.32 Å². The molecule has 0 fully saturated rings. The van der Waals surface area contributed by atoms with Crippen molar-refractivity contribution in [3.8, 4) is 0 Å². The second-order valence-electron chi connectivity index (χ2n) is 4.48. The lowest BCUT2D eigenvalue weighted by molar-refractivity contribution is -0.122. The molecular weight excluding hydrogens is 307 g/mol. The summed E-state index contributed by atoms with van der Waals surface area (Å²) in [7, 11) is -3.59. The lowest BCUT2D eigenvalue weighted by Gasteiger charge is -2.16. The molecule has 0 saturated carbocycles. The molecule has 20 heavy (non-hydrogen) atoms. The van der Waals surface area contributed by atoms with Gasteiger partial charge in [0.05, 0.1) is 12.1 Å². The Morgan fingerprint density at radius 1 is 1.35 bits per heavy atom. The van der Waals surface area contributed by atoms with Gasteiger partial charge in [-0.3, -0.25) is 4.79 Å². The van der Waals surface area contributed by atoms with Crippen molar-refractivity contribution < 1.29 is 17.6 Å². The molecule has 0 aliphatic carbocycles. The van der Waals surface area contributed by atoms with Gasteiger partial charge >= 0.3 is 0 Å². The summed E-state index contributed by atoms with van der Waals surface area (Å²) in [4.78, 5) is 11.1. The van der Waals surface area contributed by atoms with Gasteiger partial charge in [-0.25, -0.2) is 12.8 Å². The molecule has 1 aromatic carbocycles. The summed E-state index contributed by atoms with van der Waals surface area (Å²) >= 11 is 0. The van der Waals surface area contributed by atoms with Gasteiger partial charge in [-0.05, 0) is 31.5 Å². The minimum atomic E-state index is -3.59. The maximum absolute atomic E-state index is 13.7. The van der Waals surface area contributed by atoms with E-state index < -0.39 is 27.7 Å². The lowest BCUT2D eigenvalue weighted by Crippen LogP contribution is -2.39. The first-order valence-electron chi connectivity index (χ1n) is 5.68. The van der Waals surface area contributed by atoms with Crippen LogP contribution in [-0.4, -0.2) is 26.6 Å². The Kier molecular flexibility index (Phi) is 6.60. The molecule has 0 heterocycles. The molecule has 1 aromatic rings. The van der Waals surface area contributed by atoms with Crippen LogP contribution in [0.1, 0.15) is 25.5 Å². The monoisotopic (exact) mass is 324 g/mol. The van der Waals surface area contributed by atoms with Crippen LogP contribution in [0.3, 0.4) is 0 Å². The van der Waals surface area contributed by atoms with Crippen molar-refractivity contribution in [2.24, 2.45) is 5.73 Å². The average Bonchev–Trinajstić information content (AvgIpc) is 2.26. The highest BCUT2D eigenvalue weighted by Gasteiger charge is 2.17. The second kappa shape index (κ2) is 7.01. The number of hydrogen-bond donors (Lipinski definition) is 2. The molecule has 5 nitrogen and oxygen atoms in total. The first kappa shape index (κ1) is 18.8. The molecule has 0 spiro atoms. The van der Waals surface area contributed by atoms with E-state index in [4.69, 9.17) is 5.73 Å². The van der Waals surface area contributed by atoms with Gasteiger partial charge in [-0.1, -0.05) is 6.07 Å². The zero-order chi connectivity index (χ0) is 14.8. The van der Waals surface area contributed by atoms with Crippen LogP contribution in [-0.2, 0) is 14.6 Å². The second-order valence-corrected chi connectivity index (χ2v) is 6.47. The quantitative estimate of drug-likeness (QED) is 0.870. The maximum atomic E-state index is 13.7. The zero-order valence-corrected chi connectivity index (χ0v) is 13.0.